The summed E-state index contributed by atoms with van der Waals surface area (Å²) in [6.45, 7) is 4.94. The topological polar surface area (TPSA) is 21.9 Å². The molecular weight excluding hydrogens is 360 g/mol. The van der Waals surface area contributed by atoms with Crippen LogP contribution in [0.5, 0.6) is 0 Å². The van der Waals surface area contributed by atoms with Crippen molar-refractivity contribution in [2.75, 3.05) is 45.0 Å². The highest BCUT2D eigenvalue weighted by Gasteiger charge is 2.40. The van der Waals surface area contributed by atoms with Crippen molar-refractivity contribution in [3.63, 3.8) is 0 Å². The van der Waals surface area contributed by atoms with E-state index in [0.29, 0.717) is 0 Å². The average molecular weight is 390 g/mol. The molecule has 2 heterocycles. The summed E-state index contributed by atoms with van der Waals surface area (Å²) in [6.07, 6.45) is 3.92. The highest BCUT2D eigenvalue weighted by atomic mass is 28.3. The molecule has 5 heteroatoms. The van der Waals surface area contributed by atoms with E-state index in [0.717, 1.165) is 5.82 Å². The first-order chi connectivity index (χ1) is 13.2. The Morgan fingerprint density at radius 1 is 0.821 bits per heavy atom. The third kappa shape index (κ3) is 2.73. The lowest BCUT2D eigenvalue weighted by Crippen LogP contribution is -2.58. The molecule has 144 valence electrons. The molecule has 28 heavy (non-hydrogen) atoms. The zero-order chi connectivity index (χ0) is 20.2. The smallest absolute Gasteiger partial charge is 0.331 e. The molecule has 4 nitrogen and oxygen atoms in total. The molecule has 0 atom stereocenters. The SMILES string of the molecule is CN(C)c1ccc2c(c1)[Si](C)(C)c1cc(N(C)C)ccc1C2=C1N=CC=[N+]1C. The first-order valence-corrected chi connectivity index (χ1v) is 12.7. The predicted molar refractivity (Wildman–Crippen MR) is 125 cm³/mol. The van der Waals surface area contributed by atoms with Crippen LogP contribution in [0, 0.1) is 0 Å². The average Bonchev–Trinajstić information content (AvgIpc) is 3.07. The van der Waals surface area contributed by atoms with Crippen molar-refractivity contribution >= 4 is 47.8 Å². The fourth-order valence-electron chi connectivity index (χ4n) is 4.23. The van der Waals surface area contributed by atoms with Gasteiger partial charge in [-0.15, -0.1) is 0 Å². The van der Waals surface area contributed by atoms with Crippen LogP contribution in [0.25, 0.3) is 5.57 Å². The molecule has 2 aromatic rings. The number of hydrogen-bond donors (Lipinski definition) is 0. The van der Waals surface area contributed by atoms with E-state index in [4.69, 9.17) is 4.99 Å². The Kier molecular flexibility index (Phi) is 4.30. The minimum Gasteiger partial charge on any atom is -0.378 e. The number of benzene rings is 2. The van der Waals surface area contributed by atoms with Gasteiger partial charge >= 0.3 is 5.82 Å². The van der Waals surface area contributed by atoms with E-state index >= 15 is 0 Å². The Bertz CT molecular complexity index is 995. The molecule has 2 aromatic carbocycles. The summed E-state index contributed by atoms with van der Waals surface area (Å²) in [5.41, 5.74) is 6.43. The van der Waals surface area contributed by atoms with Crippen LogP contribution in [-0.4, -0.2) is 60.3 Å². The van der Waals surface area contributed by atoms with Crippen LogP contribution in [0.4, 0.5) is 11.4 Å². The molecule has 4 rings (SSSR count). The van der Waals surface area contributed by atoms with Crippen molar-refractivity contribution in [3.8, 4) is 0 Å². The van der Waals surface area contributed by atoms with Crippen molar-refractivity contribution in [1.29, 1.82) is 0 Å². The third-order valence-electron chi connectivity index (χ3n) is 5.97. The fourth-order valence-corrected chi connectivity index (χ4v) is 7.30. The maximum absolute atomic E-state index is 4.72. The zero-order valence-corrected chi connectivity index (χ0v) is 18.9. The minimum atomic E-state index is -1.87. The van der Waals surface area contributed by atoms with Gasteiger partial charge in [0.2, 0.25) is 0 Å². The van der Waals surface area contributed by atoms with Gasteiger partial charge in [0.1, 0.15) is 14.3 Å². The Balaban J connectivity index is 2.09. The Morgan fingerprint density at radius 3 is 1.71 bits per heavy atom. The van der Waals surface area contributed by atoms with E-state index in [9.17, 15) is 0 Å². The van der Waals surface area contributed by atoms with Crippen LogP contribution in [0.1, 0.15) is 11.1 Å². The highest BCUT2D eigenvalue weighted by molar-refractivity contribution is 7.02. The lowest BCUT2D eigenvalue weighted by atomic mass is 9.95. The molecule has 0 fully saturated rings. The van der Waals surface area contributed by atoms with Gasteiger partial charge in [-0.2, -0.15) is 0 Å². The second kappa shape index (κ2) is 6.45. The molecule has 0 unspecified atom stereocenters. The monoisotopic (exact) mass is 389 g/mol. The maximum Gasteiger partial charge on any atom is 0.331 e. The van der Waals surface area contributed by atoms with Crippen molar-refractivity contribution in [2.24, 2.45) is 4.99 Å². The van der Waals surface area contributed by atoms with Gasteiger partial charge < -0.3 is 9.80 Å². The van der Waals surface area contributed by atoms with Gasteiger partial charge in [-0.25, -0.2) is 4.58 Å². The third-order valence-corrected chi connectivity index (χ3v) is 9.49. The Hall–Kier alpha value is -2.66. The number of nitrogens with zero attached hydrogens (tertiary/aromatic N) is 4. The zero-order valence-electron chi connectivity index (χ0n) is 17.9. The molecule has 0 spiro atoms. The molecule has 2 aliphatic rings. The molecular formula is C23H29N4Si+. The van der Waals surface area contributed by atoms with Crippen molar-refractivity contribution in [3.05, 3.63) is 53.3 Å². The normalized spacial score (nSPS) is 16.6. The van der Waals surface area contributed by atoms with E-state index in [1.54, 1.807) is 0 Å². The predicted octanol–water partition coefficient (Wildman–Crippen LogP) is 2.47. The summed E-state index contributed by atoms with van der Waals surface area (Å²) in [5, 5.41) is 2.97. The molecule has 0 saturated heterocycles. The second-order valence-electron chi connectivity index (χ2n) is 8.61. The van der Waals surface area contributed by atoms with Crippen LogP contribution in [0.15, 0.2) is 47.2 Å². The van der Waals surface area contributed by atoms with Gasteiger partial charge in [-0.1, -0.05) is 25.2 Å². The first-order valence-electron chi connectivity index (χ1n) is 9.71. The lowest BCUT2D eigenvalue weighted by Gasteiger charge is -2.36. The lowest BCUT2D eigenvalue weighted by molar-refractivity contribution is -0.433. The van der Waals surface area contributed by atoms with Gasteiger partial charge in [0, 0.05) is 39.6 Å². The molecule has 0 N–H and O–H groups in total. The number of aliphatic imine (C=N–C) groups is 1. The molecule has 0 aromatic heterocycles. The summed E-state index contributed by atoms with van der Waals surface area (Å²) in [7, 11) is 8.66. The maximum atomic E-state index is 4.72. The Labute approximate surface area is 169 Å². The van der Waals surface area contributed by atoms with Crippen LogP contribution in [-0.2, 0) is 0 Å². The van der Waals surface area contributed by atoms with E-state index < -0.39 is 8.07 Å². The van der Waals surface area contributed by atoms with E-state index in [2.05, 4.69) is 99.1 Å². The quantitative estimate of drug-likeness (QED) is 0.581. The number of anilines is 2. The summed E-state index contributed by atoms with van der Waals surface area (Å²) < 4.78 is 2.13. The number of hydrogen-bond acceptors (Lipinski definition) is 3. The molecule has 2 aliphatic heterocycles. The van der Waals surface area contributed by atoms with Crippen LogP contribution in [0.3, 0.4) is 0 Å². The highest BCUT2D eigenvalue weighted by Crippen LogP contribution is 2.35. The first kappa shape index (κ1) is 18.7. The number of rotatable bonds is 2. The largest absolute Gasteiger partial charge is 0.378 e. The van der Waals surface area contributed by atoms with Crippen LogP contribution < -0.4 is 20.2 Å². The van der Waals surface area contributed by atoms with Crippen molar-refractivity contribution in [2.45, 2.75) is 13.1 Å². The fraction of sp³-hybridized carbons (Fsp3) is 0.304. The van der Waals surface area contributed by atoms with Crippen LogP contribution >= 0.6 is 0 Å². The molecule has 0 aliphatic carbocycles. The van der Waals surface area contributed by atoms with Crippen molar-refractivity contribution in [1.82, 2.24) is 0 Å². The second-order valence-corrected chi connectivity index (χ2v) is 12.9. The molecule has 0 radical (unpaired) electrons. The minimum absolute atomic E-state index is 1.03. The van der Waals surface area contributed by atoms with E-state index in [-0.39, 0.29) is 0 Å². The van der Waals surface area contributed by atoms with Gasteiger partial charge in [-0.05, 0) is 50.8 Å². The summed E-state index contributed by atoms with van der Waals surface area (Å²) >= 11 is 0. The molecule has 0 saturated carbocycles. The molecule has 0 amide bonds. The summed E-state index contributed by atoms with van der Waals surface area (Å²) in [6, 6.07) is 13.8. The Morgan fingerprint density at radius 2 is 1.32 bits per heavy atom. The summed E-state index contributed by atoms with van der Waals surface area (Å²) in [4.78, 5) is 9.10. The van der Waals surface area contributed by atoms with Crippen LogP contribution in [0.2, 0.25) is 13.1 Å². The van der Waals surface area contributed by atoms with Gasteiger partial charge in [-0.3, -0.25) is 0 Å². The van der Waals surface area contributed by atoms with E-state index in [1.807, 2.05) is 12.4 Å². The van der Waals surface area contributed by atoms with Gasteiger partial charge in [0.15, 0.2) is 6.21 Å². The standard InChI is InChI=1S/C23H29N4Si/c1-25(2)16-8-10-18-20(14-16)28(6,7)21-15-17(26(3)4)9-11-19(21)22(18)23-24-12-13-27(23)5/h8-15H,1-7H3/q+1. The van der Waals surface area contributed by atoms with Gasteiger partial charge in [0.05, 0.1) is 12.6 Å². The number of fused-ring (bicyclic) bond motifs is 2. The molecule has 0 bridgehead atoms. The summed E-state index contributed by atoms with van der Waals surface area (Å²) in [5.74, 6) is 1.03. The van der Waals surface area contributed by atoms with E-state index in [1.165, 1.54) is 38.4 Å². The van der Waals surface area contributed by atoms with Gasteiger partial charge in [0.25, 0.3) is 0 Å². The van der Waals surface area contributed by atoms with Crippen molar-refractivity contribution < 1.29 is 4.58 Å².